The Morgan fingerprint density at radius 3 is 2.74 bits per heavy atom. The van der Waals surface area contributed by atoms with Crippen LogP contribution in [0.3, 0.4) is 0 Å². The van der Waals surface area contributed by atoms with E-state index in [9.17, 15) is 0 Å². The summed E-state index contributed by atoms with van der Waals surface area (Å²) in [6, 6.07) is 12.7. The average molecular weight is 439 g/mol. The van der Waals surface area contributed by atoms with Crippen molar-refractivity contribution in [1.82, 2.24) is 4.98 Å². The van der Waals surface area contributed by atoms with E-state index < -0.39 is 0 Å². The predicted molar refractivity (Wildman–Crippen MR) is 108 cm³/mol. The molecule has 0 fully saturated rings. The van der Waals surface area contributed by atoms with E-state index in [-0.39, 0.29) is 0 Å². The molecule has 2 aromatic carbocycles. The zero-order chi connectivity index (χ0) is 16.4. The van der Waals surface area contributed by atoms with Gasteiger partial charge in [-0.1, -0.05) is 23.7 Å². The van der Waals surface area contributed by atoms with Crippen LogP contribution in [0.25, 0.3) is 22.2 Å². The van der Waals surface area contributed by atoms with Crippen molar-refractivity contribution in [2.45, 2.75) is 26.2 Å². The number of H-pyrrole nitrogens is 1. The van der Waals surface area contributed by atoms with Gasteiger partial charge in [0.15, 0.2) is 0 Å². The maximum atomic E-state index is 6.30. The molecule has 1 heterocycles. The standard InChI is InChI=1S/C19H20ClIN2/c1-12-9-14(20)11-17-16(7-2-3-8-22)19(23-18(12)17)13-5-4-6-15(21)10-13/h4-6,9-11,23H,2-3,7-8,22H2,1H3. The van der Waals surface area contributed by atoms with Gasteiger partial charge >= 0.3 is 0 Å². The number of benzene rings is 2. The Morgan fingerprint density at radius 2 is 2.00 bits per heavy atom. The van der Waals surface area contributed by atoms with E-state index in [0.717, 1.165) is 30.8 Å². The largest absolute Gasteiger partial charge is 0.354 e. The van der Waals surface area contributed by atoms with Crippen LogP contribution >= 0.6 is 34.2 Å². The summed E-state index contributed by atoms with van der Waals surface area (Å²) < 4.78 is 1.24. The number of unbranched alkanes of at least 4 members (excludes halogenated alkanes) is 1. The fourth-order valence-corrected chi connectivity index (χ4v) is 3.89. The van der Waals surface area contributed by atoms with Gasteiger partial charge in [0.2, 0.25) is 0 Å². The predicted octanol–water partition coefficient (Wildman–Crippen LogP) is 5.68. The first kappa shape index (κ1) is 16.8. The maximum Gasteiger partial charge on any atom is 0.0497 e. The van der Waals surface area contributed by atoms with Crippen LogP contribution in [0, 0.1) is 10.5 Å². The van der Waals surface area contributed by atoms with Crippen LogP contribution in [0.15, 0.2) is 36.4 Å². The van der Waals surface area contributed by atoms with E-state index >= 15 is 0 Å². The number of hydrogen-bond donors (Lipinski definition) is 2. The van der Waals surface area contributed by atoms with Gasteiger partial charge in [0.1, 0.15) is 0 Å². The Morgan fingerprint density at radius 1 is 1.17 bits per heavy atom. The van der Waals surface area contributed by atoms with Gasteiger partial charge in [-0.2, -0.15) is 0 Å². The third-order valence-corrected chi connectivity index (χ3v) is 5.06. The van der Waals surface area contributed by atoms with Gasteiger partial charge in [0.25, 0.3) is 0 Å². The lowest BCUT2D eigenvalue weighted by Crippen LogP contribution is -1.99. The van der Waals surface area contributed by atoms with Gasteiger partial charge in [-0.15, -0.1) is 0 Å². The minimum absolute atomic E-state index is 0.737. The number of rotatable bonds is 5. The second-order valence-electron chi connectivity index (χ2n) is 5.88. The normalized spacial score (nSPS) is 11.3. The highest BCUT2D eigenvalue weighted by Crippen LogP contribution is 2.35. The Hall–Kier alpha value is -1.04. The van der Waals surface area contributed by atoms with Crippen molar-refractivity contribution in [3.05, 3.63) is 56.1 Å². The molecule has 0 atom stereocenters. The molecule has 23 heavy (non-hydrogen) atoms. The molecular weight excluding hydrogens is 419 g/mol. The SMILES string of the molecule is Cc1cc(Cl)cc2c(CCCCN)c(-c3cccc(I)c3)[nH]c12. The van der Waals surface area contributed by atoms with Crippen LogP contribution in [0.2, 0.25) is 5.02 Å². The van der Waals surface area contributed by atoms with Crippen molar-refractivity contribution in [1.29, 1.82) is 0 Å². The van der Waals surface area contributed by atoms with Crippen LogP contribution in [-0.2, 0) is 6.42 Å². The third kappa shape index (κ3) is 3.57. The zero-order valence-electron chi connectivity index (χ0n) is 13.1. The van der Waals surface area contributed by atoms with Crippen molar-refractivity contribution in [3.8, 4) is 11.3 Å². The summed E-state index contributed by atoms with van der Waals surface area (Å²) in [6.45, 7) is 2.84. The maximum absolute atomic E-state index is 6.30. The molecule has 0 saturated carbocycles. The number of hydrogen-bond acceptors (Lipinski definition) is 1. The molecule has 0 bridgehead atoms. The van der Waals surface area contributed by atoms with E-state index in [0.29, 0.717) is 0 Å². The molecule has 2 nitrogen and oxygen atoms in total. The lowest BCUT2D eigenvalue weighted by molar-refractivity contribution is 0.748. The summed E-state index contributed by atoms with van der Waals surface area (Å²) >= 11 is 8.66. The molecule has 0 unspecified atom stereocenters. The quantitative estimate of drug-likeness (QED) is 0.390. The minimum Gasteiger partial charge on any atom is -0.354 e. The van der Waals surface area contributed by atoms with Crippen LogP contribution in [0.4, 0.5) is 0 Å². The summed E-state index contributed by atoms with van der Waals surface area (Å²) in [5.74, 6) is 0. The molecule has 0 saturated heterocycles. The Bertz CT molecular complexity index is 839. The smallest absolute Gasteiger partial charge is 0.0497 e. The van der Waals surface area contributed by atoms with Gasteiger partial charge < -0.3 is 10.7 Å². The summed E-state index contributed by atoms with van der Waals surface area (Å²) in [6.07, 6.45) is 3.14. The molecule has 3 rings (SSSR count). The third-order valence-electron chi connectivity index (χ3n) is 4.17. The molecule has 0 spiro atoms. The number of aromatic amines is 1. The van der Waals surface area contributed by atoms with E-state index in [1.807, 2.05) is 6.07 Å². The first-order valence-corrected chi connectivity index (χ1v) is 9.32. The van der Waals surface area contributed by atoms with Gasteiger partial charge in [-0.25, -0.2) is 0 Å². The van der Waals surface area contributed by atoms with E-state index in [1.54, 1.807) is 0 Å². The van der Waals surface area contributed by atoms with Crippen molar-refractivity contribution in [2.75, 3.05) is 6.54 Å². The Kier molecular flexibility index (Phi) is 5.29. The molecule has 0 aliphatic heterocycles. The highest BCUT2D eigenvalue weighted by Gasteiger charge is 2.15. The van der Waals surface area contributed by atoms with Crippen LogP contribution in [0.1, 0.15) is 24.0 Å². The molecule has 3 N–H and O–H groups in total. The first-order chi connectivity index (χ1) is 11.1. The van der Waals surface area contributed by atoms with Crippen molar-refractivity contribution in [3.63, 3.8) is 0 Å². The number of halogens is 2. The molecule has 3 aromatic rings. The molecular formula is C19H20ClIN2. The molecule has 4 heteroatoms. The van der Waals surface area contributed by atoms with Crippen LogP contribution < -0.4 is 5.73 Å². The summed E-state index contributed by atoms with van der Waals surface area (Å²) in [7, 11) is 0. The fraction of sp³-hybridized carbons (Fsp3) is 0.263. The minimum atomic E-state index is 0.737. The van der Waals surface area contributed by atoms with E-state index in [4.69, 9.17) is 17.3 Å². The molecule has 120 valence electrons. The summed E-state index contributed by atoms with van der Waals surface area (Å²) in [5.41, 5.74) is 11.8. The molecule has 0 aliphatic carbocycles. The molecule has 0 aliphatic rings. The topological polar surface area (TPSA) is 41.8 Å². The monoisotopic (exact) mass is 438 g/mol. The van der Waals surface area contributed by atoms with Crippen LogP contribution in [-0.4, -0.2) is 11.5 Å². The number of nitrogens with two attached hydrogens (primary N) is 1. The highest BCUT2D eigenvalue weighted by molar-refractivity contribution is 14.1. The van der Waals surface area contributed by atoms with E-state index in [2.05, 4.69) is 64.8 Å². The van der Waals surface area contributed by atoms with Crippen LogP contribution in [0.5, 0.6) is 0 Å². The second-order valence-corrected chi connectivity index (χ2v) is 7.56. The van der Waals surface area contributed by atoms with Crippen molar-refractivity contribution < 1.29 is 0 Å². The zero-order valence-corrected chi connectivity index (χ0v) is 16.0. The first-order valence-electron chi connectivity index (χ1n) is 7.87. The van der Waals surface area contributed by atoms with Gasteiger partial charge in [0, 0.05) is 25.2 Å². The second kappa shape index (κ2) is 7.24. The lowest BCUT2D eigenvalue weighted by Gasteiger charge is -2.06. The fourth-order valence-electron chi connectivity index (χ4n) is 3.08. The number of aromatic nitrogens is 1. The summed E-state index contributed by atoms with van der Waals surface area (Å²) in [4.78, 5) is 3.64. The average Bonchev–Trinajstić information content (AvgIpc) is 2.87. The molecule has 1 aromatic heterocycles. The Balaban J connectivity index is 2.19. The van der Waals surface area contributed by atoms with E-state index in [1.165, 1.54) is 36.9 Å². The Labute approximate surface area is 155 Å². The highest BCUT2D eigenvalue weighted by atomic mass is 127. The van der Waals surface area contributed by atoms with Crippen molar-refractivity contribution >= 4 is 45.1 Å². The lowest BCUT2D eigenvalue weighted by atomic mass is 9.99. The number of fused-ring (bicyclic) bond motifs is 1. The number of aryl methyl sites for hydroxylation is 2. The summed E-state index contributed by atoms with van der Waals surface area (Å²) in [5, 5.41) is 2.03. The van der Waals surface area contributed by atoms with Gasteiger partial charge in [0.05, 0.1) is 0 Å². The molecule has 0 radical (unpaired) electrons. The number of nitrogens with one attached hydrogen (secondary N) is 1. The van der Waals surface area contributed by atoms with Gasteiger partial charge in [-0.05, 0) is 96.3 Å². The molecule has 0 amide bonds. The van der Waals surface area contributed by atoms with Gasteiger partial charge in [-0.3, -0.25) is 0 Å². The van der Waals surface area contributed by atoms with Crippen molar-refractivity contribution in [2.24, 2.45) is 5.73 Å².